The molecule has 6 N–H and O–H groups in total. The van der Waals surface area contributed by atoms with Gasteiger partial charge in [-0.15, -0.1) is 0 Å². The Kier molecular flexibility index (Phi) is 195. The zero-order valence-corrected chi connectivity index (χ0v) is 12.9. The van der Waals surface area contributed by atoms with Crippen LogP contribution in [0.5, 0.6) is 0 Å². The fraction of sp³-hybridized carbons (Fsp3) is 0. The van der Waals surface area contributed by atoms with Gasteiger partial charge in [0.1, 0.15) is 0 Å². The van der Waals surface area contributed by atoms with E-state index in [2.05, 4.69) is 0 Å². The molecule has 0 amide bonds. The largest absolute Gasteiger partial charge is 0.773 e. The van der Waals surface area contributed by atoms with E-state index in [0.29, 0.717) is 0 Å². The maximum atomic E-state index is 8.51. The molecule has 25 heteroatoms. The van der Waals surface area contributed by atoms with Crippen molar-refractivity contribution in [3.05, 3.63) is 31.2 Å². The van der Waals surface area contributed by atoms with Crippen LogP contribution in [0.1, 0.15) is 0 Å². The Morgan fingerprint density at radius 2 is 0.360 bits per heavy atom. The number of rotatable bonds is 0. The molecule has 0 aromatic carbocycles. The molecule has 0 unspecified atom stereocenters. The standard InChI is InChI=1S/Mo.6H2N2O2/c;6*3-1-2-4/h;6*(H,1,4)(H,2,3)/p-6. The number of hydrogen-bond acceptors (Lipinski definition) is 18. The summed E-state index contributed by atoms with van der Waals surface area (Å²) in [5.41, 5.74) is 0. The Hall–Kier alpha value is -4.11. The molecule has 0 spiro atoms. The third-order valence-corrected chi connectivity index (χ3v) is 0.219. The van der Waals surface area contributed by atoms with Crippen molar-refractivity contribution in [1.82, 2.24) is 0 Å². The van der Waals surface area contributed by atoms with E-state index < -0.39 is 0 Å². The third kappa shape index (κ3) is 1780. The van der Waals surface area contributed by atoms with E-state index in [4.69, 9.17) is 62.5 Å². The van der Waals surface area contributed by atoms with E-state index in [1.54, 1.807) is 63.3 Å². The van der Waals surface area contributed by atoms with Crippen molar-refractivity contribution in [1.29, 1.82) is 0 Å². The Bertz CT molecular complexity index is 199. The quantitative estimate of drug-likeness (QED) is 0.171. The van der Waals surface area contributed by atoms with E-state index >= 15 is 0 Å². The second-order valence-electron chi connectivity index (χ2n) is 1.03. The summed E-state index contributed by atoms with van der Waals surface area (Å²) in [5, 5.41) is 114. The molecule has 0 saturated heterocycles. The van der Waals surface area contributed by atoms with E-state index in [9.17, 15) is 0 Å². The zero-order chi connectivity index (χ0) is 20.5. The first-order valence-corrected chi connectivity index (χ1v) is 3.50. The first-order chi connectivity index (χ1) is 11.5. The minimum Gasteiger partial charge on any atom is -0.773 e. The summed E-state index contributed by atoms with van der Waals surface area (Å²) in [6, 6.07) is 0. The van der Waals surface area contributed by atoms with Crippen LogP contribution in [-0.2, 0) is 21.1 Å². The summed E-state index contributed by atoms with van der Waals surface area (Å²) in [6.07, 6.45) is 0. The molecule has 0 aliphatic rings. The average molecular weight is 462 g/mol. The first-order valence-electron chi connectivity index (χ1n) is 3.50. The predicted molar refractivity (Wildman–Crippen MR) is 60.1 cm³/mol. The Labute approximate surface area is 147 Å². The molecule has 150 valence electrons. The van der Waals surface area contributed by atoms with Gasteiger partial charge in [0.05, 0.1) is 0 Å². The Morgan fingerprint density at radius 1 is 0.320 bits per heavy atom. The zero-order valence-electron chi connectivity index (χ0n) is 10.9. The summed E-state index contributed by atoms with van der Waals surface area (Å²) >= 11 is 0. The van der Waals surface area contributed by atoms with Crippen LogP contribution in [0.25, 0.3) is 0 Å². The second-order valence-corrected chi connectivity index (χ2v) is 1.03. The monoisotopic (exact) mass is 464 g/mol. The fourth-order valence-electron chi connectivity index (χ4n) is 0. The molecule has 0 fully saturated rings. The molecule has 0 heterocycles. The molecular weight excluding hydrogens is 456 g/mol. The van der Waals surface area contributed by atoms with Crippen LogP contribution in [0, 0.1) is 31.2 Å². The number of hydrogen-bond donors (Lipinski definition) is 6. The molecule has 0 aromatic rings. The SMILES string of the molecule is [Mo].[O-]N=NO.[O-]N=NO.[O-]N=NO.[O-]N=NO.[O-]N=NO.[O-]N=NO. The smallest absolute Gasteiger partial charge is 0.0148 e. The molecule has 0 saturated carbocycles. The normalized spacial score (nSPS) is 8.64. The van der Waals surface area contributed by atoms with Crippen molar-refractivity contribution in [3.8, 4) is 0 Å². The molecule has 0 aliphatic heterocycles. The minimum atomic E-state index is 0. The summed E-state index contributed by atoms with van der Waals surface area (Å²) in [5.74, 6) is 0. The molecule has 0 aromatic heterocycles. The summed E-state index contributed by atoms with van der Waals surface area (Å²) in [7, 11) is 0. The van der Waals surface area contributed by atoms with E-state index in [0.717, 1.165) is 0 Å². The molecule has 24 nitrogen and oxygen atoms in total. The Balaban J connectivity index is -0.0000000309. The second kappa shape index (κ2) is 114. The maximum Gasteiger partial charge on any atom is 0.0148 e. The van der Waals surface area contributed by atoms with Crippen molar-refractivity contribution >= 4 is 0 Å². The van der Waals surface area contributed by atoms with Crippen molar-refractivity contribution in [2.24, 2.45) is 63.3 Å². The van der Waals surface area contributed by atoms with Gasteiger partial charge < -0.3 is 62.5 Å². The van der Waals surface area contributed by atoms with Gasteiger partial charge in [-0.05, 0) is 0 Å². The number of nitrogens with zero attached hydrogens (tertiary/aromatic N) is 12. The molecule has 0 rings (SSSR count). The fourth-order valence-corrected chi connectivity index (χ4v) is 0. The topological polar surface area (TPSA) is 408 Å². The third-order valence-electron chi connectivity index (χ3n) is 0.219. The van der Waals surface area contributed by atoms with Gasteiger partial charge in [-0.2, -0.15) is 31.7 Å². The Morgan fingerprint density at radius 3 is 0.360 bits per heavy atom. The first kappa shape index (κ1) is 42.8. The molecular formula is H6MoN12O12-6. The van der Waals surface area contributed by atoms with Crippen LogP contribution >= 0.6 is 0 Å². The van der Waals surface area contributed by atoms with Gasteiger partial charge in [0.2, 0.25) is 0 Å². The summed E-state index contributed by atoms with van der Waals surface area (Å²) in [4.78, 5) is 0. The van der Waals surface area contributed by atoms with Gasteiger partial charge in [0.15, 0.2) is 0 Å². The molecule has 25 heavy (non-hydrogen) atoms. The van der Waals surface area contributed by atoms with Crippen LogP contribution in [0.2, 0.25) is 0 Å². The van der Waals surface area contributed by atoms with Crippen LogP contribution in [0.3, 0.4) is 0 Å². The summed E-state index contributed by atoms with van der Waals surface area (Å²) < 4.78 is 0. The van der Waals surface area contributed by atoms with E-state index in [1.807, 2.05) is 0 Å². The van der Waals surface area contributed by atoms with E-state index in [-0.39, 0.29) is 21.1 Å². The van der Waals surface area contributed by atoms with Crippen molar-refractivity contribution < 1.29 is 52.3 Å². The van der Waals surface area contributed by atoms with Crippen LogP contribution in [0.4, 0.5) is 0 Å². The maximum absolute atomic E-state index is 8.51. The van der Waals surface area contributed by atoms with Crippen molar-refractivity contribution in [2.45, 2.75) is 0 Å². The van der Waals surface area contributed by atoms with Gasteiger partial charge in [-0.3, -0.25) is 0 Å². The van der Waals surface area contributed by atoms with Crippen LogP contribution < -0.4 is 0 Å². The van der Waals surface area contributed by atoms with Gasteiger partial charge in [0, 0.05) is 52.7 Å². The summed E-state index contributed by atoms with van der Waals surface area (Å²) in [6.45, 7) is 0. The molecule has 0 radical (unpaired) electrons. The molecule has 0 atom stereocenters. The molecule has 0 aliphatic carbocycles. The van der Waals surface area contributed by atoms with Gasteiger partial charge in [0.25, 0.3) is 0 Å². The van der Waals surface area contributed by atoms with Crippen molar-refractivity contribution in [3.63, 3.8) is 0 Å². The van der Waals surface area contributed by atoms with Crippen molar-refractivity contribution in [2.75, 3.05) is 0 Å². The van der Waals surface area contributed by atoms with Crippen LogP contribution in [-0.4, -0.2) is 31.2 Å². The van der Waals surface area contributed by atoms with Gasteiger partial charge in [-0.1, -0.05) is 0 Å². The van der Waals surface area contributed by atoms with Crippen LogP contribution in [0.15, 0.2) is 63.3 Å². The van der Waals surface area contributed by atoms with Gasteiger partial charge in [-0.25, -0.2) is 0 Å². The van der Waals surface area contributed by atoms with Gasteiger partial charge >= 0.3 is 0 Å². The average Bonchev–Trinajstić information content (AvgIpc) is 2.68. The predicted octanol–water partition coefficient (Wildman–Crippen LogP) is 1.95. The van der Waals surface area contributed by atoms with E-state index in [1.165, 1.54) is 0 Å². The minimum absolute atomic E-state index is 0. The molecule has 0 bridgehead atoms.